The molecule has 1 aliphatic rings. The minimum atomic E-state index is -0.488. The van der Waals surface area contributed by atoms with Crippen LogP contribution in [0.2, 0.25) is 10.0 Å². The van der Waals surface area contributed by atoms with E-state index in [1.165, 1.54) is 18.0 Å². The molecule has 0 aromatic heterocycles. The molecule has 0 saturated carbocycles. The molecule has 3 rings (SSSR count). The molecule has 0 aliphatic carbocycles. The van der Waals surface area contributed by atoms with Crippen LogP contribution < -0.4 is 10.1 Å². The van der Waals surface area contributed by atoms with Crippen molar-refractivity contribution in [1.82, 2.24) is 4.90 Å². The maximum absolute atomic E-state index is 12.7. The van der Waals surface area contributed by atoms with Gasteiger partial charge in [0, 0.05) is 24.7 Å². The average molecular weight is 423 g/mol. The topological polar surface area (TPSA) is 78.9 Å². The highest BCUT2D eigenvalue weighted by Crippen LogP contribution is 2.43. The summed E-state index contributed by atoms with van der Waals surface area (Å²) in [5.74, 6) is -0.778. The molecule has 148 valence electrons. The molecule has 0 fully saturated rings. The Kier molecular flexibility index (Phi) is 5.46. The number of phenols is 1. The monoisotopic (exact) mass is 422 g/mol. The van der Waals surface area contributed by atoms with E-state index in [0.29, 0.717) is 27.9 Å². The number of carbonyl (C=O) groups is 2. The molecule has 0 atom stereocenters. The zero-order valence-electron chi connectivity index (χ0n) is 15.7. The zero-order chi connectivity index (χ0) is 20.6. The van der Waals surface area contributed by atoms with Gasteiger partial charge in [0.15, 0.2) is 11.5 Å². The van der Waals surface area contributed by atoms with Gasteiger partial charge in [0.05, 0.1) is 22.2 Å². The molecule has 1 heterocycles. The van der Waals surface area contributed by atoms with Gasteiger partial charge in [-0.3, -0.25) is 9.59 Å². The van der Waals surface area contributed by atoms with Crippen LogP contribution in [0.4, 0.5) is 5.69 Å². The smallest absolute Gasteiger partial charge is 0.257 e. The Labute approximate surface area is 173 Å². The van der Waals surface area contributed by atoms with Crippen molar-refractivity contribution in [2.24, 2.45) is 0 Å². The quantitative estimate of drug-likeness (QED) is 0.776. The summed E-state index contributed by atoms with van der Waals surface area (Å²) < 4.78 is 5.75. The minimum Gasteiger partial charge on any atom is -0.504 e. The lowest BCUT2D eigenvalue weighted by atomic mass is 10.00. The van der Waals surface area contributed by atoms with E-state index in [1.54, 1.807) is 24.3 Å². The number of halogens is 2. The molecule has 2 amide bonds. The lowest BCUT2D eigenvalue weighted by Crippen LogP contribution is -2.35. The summed E-state index contributed by atoms with van der Waals surface area (Å²) in [5, 5.41) is 13.8. The number of nitrogens with zero attached hydrogens (tertiary/aromatic N) is 1. The van der Waals surface area contributed by atoms with Crippen molar-refractivity contribution in [3.63, 3.8) is 0 Å². The second-order valence-electron chi connectivity index (χ2n) is 7.33. The summed E-state index contributed by atoms with van der Waals surface area (Å²) in [4.78, 5) is 26.2. The van der Waals surface area contributed by atoms with E-state index in [9.17, 15) is 14.7 Å². The van der Waals surface area contributed by atoms with E-state index in [0.717, 1.165) is 5.56 Å². The second-order valence-corrected chi connectivity index (χ2v) is 8.14. The first-order valence-corrected chi connectivity index (χ1v) is 9.37. The summed E-state index contributed by atoms with van der Waals surface area (Å²) in [6, 6.07) is 8.02. The first-order chi connectivity index (χ1) is 13.1. The first-order valence-electron chi connectivity index (χ1n) is 8.61. The number of likely N-dealkylation sites (N-methyl/N-ethyl adjacent to an activating group) is 1. The van der Waals surface area contributed by atoms with Gasteiger partial charge in [0.2, 0.25) is 5.91 Å². The number of rotatable bonds is 4. The van der Waals surface area contributed by atoms with E-state index in [-0.39, 0.29) is 17.9 Å². The van der Waals surface area contributed by atoms with Crippen molar-refractivity contribution >= 4 is 40.7 Å². The lowest BCUT2D eigenvalue weighted by molar-refractivity contribution is -0.116. The van der Waals surface area contributed by atoms with E-state index in [4.69, 9.17) is 27.9 Å². The Morgan fingerprint density at radius 3 is 2.61 bits per heavy atom. The van der Waals surface area contributed by atoms with Gasteiger partial charge in [-0.25, -0.2) is 0 Å². The number of hydrogen-bond acceptors (Lipinski definition) is 4. The van der Waals surface area contributed by atoms with Crippen LogP contribution >= 0.6 is 23.2 Å². The third-order valence-corrected chi connectivity index (χ3v) is 5.11. The predicted molar refractivity (Wildman–Crippen MR) is 109 cm³/mol. The lowest BCUT2D eigenvalue weighted by Gasteiger charge is -2.19. The highest BCUT2D eigenvalue weighted by Gasteiger charge is 2.34. The van der Waals surface area contributed by atoms with Gasteiger partial charge in [-0.05, 0) is 38.1 Å². The van der Waals surface area contributed by atoms with Gasteiger partial charge < -0.3 is 20.1 Å². The van der Waals surface area contributed by atoms with Crippen molar-refractivity contribution in [3.05, 3.63) is 51.5 Å². The van der Waals surface area contributed by atoms with E-state index in [2.05, 4.69) is 5.32 Å². The van der Waals surface area contributed by atoms with E-state index < -0.39 is 17.4 Å². The normalized spacial score (nSPS) is 14.2. The predicted octanol–water partition coefficient (Wildman–Crippen LogP) is 4.12. The number of phenolic OH excluding ortho intramolecular Hbond substituents is 1. The SMILES string of the molecule is CN(CC(=O)Nc1ccc(Cl)c(Cl)c1)C(=O)c1ccc2c(c1O)OC(C)(C)C2. The number of fused-ring (bicyclic) bond motifs is 1. The van der Waals surface area contributed by atoms with Crippen LogP contribution in [0.3, 0.4) is 0 Å². The molecule has 2 N–H and O–H groups in total. The number of ether oxygens (including phenoxy) is 1. The van der Waals surface area contributed by atoms with Gasteiger partial charge >= 0.3 is 0 Å². The van der Waals surface area contributed by atoms with Crippen molar-refractivity contribution < 1.29 is 19.4 Å². The molecule has 28 heavy (non-hydrogen) atoms. The number of benzene rings is 2. The van der Waals surface area contributed by atoms with Gasteiger partial charge in [-0.1, -0.05) is 29.3 Å². The maximum Gasteiger partial charge on any atom is 0.257 e. The van der Waals surface area contributed by atoms with Crippen molar-refractivity contribution in [2.75, 3.05) is 18.9 Å². The highest BCUT2D eigenvalue weighted by molar-refractivity contribution is 6.42. The van der Waals surface area contributed by atoms with E-state index >= 15 is 0 Å². The van der Waals surface area contributed by atoms with Crippen LogP contribution in [-0.4, -0.2) is 41.0 Å². The molecule has 0 radical (unpaired) electrons. The van der Waals surface area contributed by atoms with Gasteiger partial charge in [0.1, 0.15) is 5.60 Å². The van der Waals surface area contributed by atoms with Crippen LogP contribution in [0.1, 0.15) is 29.8 Å². The standard InChI is InChI=1S/C20H20Cl2N2O4/c1-20(2)9-11-4-6-13(17(26)18(11)28-20)19(27)24(3)10-16(25)23-12-5-7-14(21)15(22)8-12/h4-8,26H,9-10H2,1-3H3,(H,23,25). The van der Waals surface area contributed by atoms with Crippen molar-refractivity contribution in [2.45, 2.75) is 25.9 Å². The molecular formula is C20H20Cl2N2O4. The number of anilines is 1. The van der Waals surface area contributed by atoms with Gasteiger partial charge in [-0.15, -0.1) is 0 Å². The van der Waals surface area contributed by atoms with Crippen LogP contribution in [0, 0.1) is 0 Å². The molecule has 0 saturated heterocycles. The molecule has 8 heteroatoms. The number of aromatic hydroxyl groups is 1. The molecule has 2 aromatic carbocycles. The van der Waals surface area contributed by atoms with Gasteiger partial charge in [-0.2, -0.15) is 0 Å². The molecule has 2 aromatic rings. The molecule has 6 nitrogen and oxygen atoms in total. The third-order valence-electron chi connectivity index (χ3n) is 4.37. The number of carbonyl (C=O) groups excluding carboxylic acids is 2. The summed E-state index contributed by atoms with van der Waals surface area (Å²) in [6.07, 6.45) is 0.645. The van der Waals surface area contributed by atoms with Crippen molar-refractivity contribution in [1.29, 1.82) is 0 Å². The highest BCUT2D eigenvalue weighted by atomic mass is 35.5. The van der Waals surface area contributed by atoms with Crippen LogP contribution in [0.5, 0.6) is 11.5 Å². The first kappa shape index (κ1) is 20.3. The molecule has 0 spiro atoms. The third kappa shape index (κ3) is 4.18. The van der Waals surface area contributed by atoms with Gasteiger partial charge in [0.25, 0.3) is 5.91 Å². The minimum absolute atomic E-state index is 0.0845. The Bertz CT molecular complexity index is 959. The fourth-order valence-electron chi connectivity index (χ4n) is 3.08. The Hall–Kier alpha value is -2.44. The average Bonchev–Trinajstić information content (AvgIpc) is 2.93. The fraction of sp³-hybridized carbons (Fsp3) is 0.300. The Balaban J connectivity index is 1.70. The number of amides is 2. The van der Waals surface area contributed by atoms with Crippen LogP contribution in [-0.2, 0) is 11.2 Å². The molecule has 1 aliphatic heterocycles. The Morgan fingerprint density at radius 1 is 1.21 bits per heavy atom. The number of hydrogen-bond donors (Lipinski definition) is 2. The molecule has 0 bridgehead atoms. The zero-order valence-corrected chi connectivity index (χ0v) is 17.2. The Morgan fingerprint density at radius 2 is 1.93 bits per heavy atom. The second kappa shape index (κ2) is 7.53. The van der Waals surface area contributed by atoms with Crippen LogP contribution in [0.15, 0.2) is 30.3 Å². The number of nitrogens with one attached hydrogen (secondary N) is 1. The summed E-state index contributed by atoms with van der Waals surface area (Å²) in [7, 11) is 1.48. The molecular weight excluding hydrogens is 403 g/mol. The summed E-state index contributed by atoms with van der Waals surface area (Å²) in [5.41, 5.74) is 0.962. The summed E-state index contributed by atoms with van der Waals surface area (Å²) >= 11 is 11.8. The maximum atomic E-state index is 12.7. The van der Waals surface area contributed by atoms with Crippen LogP contribution in [0.25, 0.3) is 0 Å². The fourth-order valence-corrected chi connectivity index (χ4v) is 3.37. The summed E-state index contributed by atoms with van der Waals surface area (Å²) in [6.45, 7) is 3.61. The van der Waals surface area contributed by atoms with Crippen molar-refractivity contribution in [3.8, 4) is 11.5 Å². The largest absolute Gasteiger partial charge is 0.504 e. The van der Waals surface area contributed by atoms with E-state index in [1.807, 2.05) is 13.8 Å². The molecule has 0 unspecified atom stereocenters.